The normalized spacial score (nSPS) is 19.6. The summed E-state index contributed by atoms with van der Waals surface area (Å²) in [7, 11) is 0. The van der Waals surface area contributed by atoms with Gasteiger partial charge in [-0.3, -0.25) is 9.50 Å². The molecule has 3 aromatic heterocycles. The SMILES string of the molecule is c1n[nH]c([C@H]2CCCCN2c2nccn3cnnc23)n1. The minimum absolute atomic E-state index is 0.168. The molecular formula is C12H14N8. The summed E-state index contributed by atoms with van der Waals surface area (Å²) in [6.45, 7) is 0.935. The molecule has 4 heterocycles. The maximum Gasteiger partial charge on any atom is 0.203 e. The third-order valence-corrected chi connectivity index (χ3v) is 3.72. The molecule has 0 amide bonds. The lowest BCUT2D eigenvalue weighted by atomic mass is 10.0. The van der Waals surface area contributed by atoms with E-state index in [0.717, 1.165) is 36.7 Å². The molecule has 1 N–H and O–H groups in total. The molecule has 1 saturated heterocycles. The number of H-pyrrole nitrogens is 1. The van der Waals surface area contributed by atoms with Crippen molar-refractivity contribution in [1.82, 2.24) is 34.8 Å². The Labute approximate surface area is 114 Å². The van der Waals surface area contributed by atoms with Gasteiger partial charge in [-0.1, -0.05) is 0 Å². The van der Waals surface area contributed by atoms with Gasteiger partial charge in [-0.25, -0.2) is 9.97 Å². The van der Waals surface area contributed by atoms with Gasteiger partial charge in [0.05, 0.1) is 6.04 Å². The molecule has 0 aromatic carbocycles. The van der Waals surface area contributed by atoms with Crippen molar-refractivity contribution in [3.8, 4) is 0 Å². The van der Waals surface area contributed by atoms with Gasteiger partial charge in [-0.05, 0) is 19.3 Å². The van der Waals surface area contributed by atoms with E-state index in [-0.39, 0.29) is 6.04 Å². The molecule has 3 aromatic rings. The summed E-state index contributed by atoms with van der Waals surface area (Å²) in [5, 5.41) is 15.1. The van der Waals surface area contributed by atoms with E-state index in [1.54, 1.807) is 18.9 Å². The molecule has 0 bridgehead atoms. The molecule has 1 aliphatic rings. The zero-order chi connectivity index (χ0) is 13.4. The number of piperidine rings is 1. The van der Waals surface area contributed by atoms with Crippen molar-refractivity contribution in [2.24, 2.45) is 0 Å². The number of rotatable bonds is 2. The Kier molecular flexibility index (Phi) is 2.58. The van der Waals surface area contributed by atoms with Crippen molar-refractivity contribution >= 4 is 11.5 Å². The summed E-state index contributed by atoms with van der Waals surface area (Å²) < 4.78 is 1.88. The molecule has 1 aliphatic heterocycles. The summed E-state index contributed by atoms with van der Waals surface area (Å²) in [6.07, 6.45) is 10.2. The Hall–Kier alpha value is -2.51. The van der Waals surface area contributed by atoms with Crippen LogP contribution in [0, 0.1) is 0 Å². The first-order valence-corrected chi connectivity index (χ1v) is 6.70. The summed E-state index contributed by atoms with van der Waals surface area (Å²) in [5.74, 6) is 1.74. The van der Waals surface area contributed by atoms with E-state index in [0.29, 0.717) is 0 Å². The van der Waals surface area contributed by atoms with Crippen molar-refractivity contribution in [3.63, 3.8) is 0 Å². The minimum atomic E-state index is 0.168. The Bertz CT molecular complexity index is 703. The van der Waals surface area contributed by atoms with Gasteiger partial charge in [0.2, 0.25) is 5.65 Å². The van der Waals surface area contributed by atoms with Crippen molar-refractivity contribution in [1.29, 1.82) is 0 Å². The van der Waals surface area contributed by atoms with Crippen LogP contribution in [0.25, 0.3) is 5.65 Å². The molecule has 8 heteroatoms. The van der Waals surface area contributed by atoms with Crippen LogP contribution in [0.4, 0.5) is 5.82 Å². The quantitative estimate of drug-likeness (QED) is 0.746. The second kappa shape index (κ2) is 4.55. The van der Waals surface area contributed by atoms with Crippen molar-refractivity contribution in [2.45, 2.75) is 25.3 Å². The molecule has 0 radical (unpaired) electrons. The molecule has 0 unspecified atom stereocenters. The van der Waals surface area contributed by atoms with E-state index < -0.39 is 0 Å². The van der Waals surface area contributed by atoms with Gasteiger partial charge in [-0.15, -0.1) is 10.2 Å². The highest BCUT2D eigenvalue weighted by atomic mass is 15.3. The third kappa shape index (κ3) is 1.72. The van der Waals surface area contributed by atoms with Crippen LogP contribution in [-0.4, -0.2) is 41.3 Å². The second-order valence-corrected chi connectivity index (χ2v) is 4.89. The number of aromatic amines is 1. The predicted octanol–water partition coefficient (Wildman–Crippen LogP) is 0.974. The van der Waals surface area contributed by atoms with E-state index in [1.807, 2.05) is 10.6 Å². The highest BCUT2D eigenvalue weighted by Gasteiger charge is 2.29. The number of anilines is 1. The first-order valence-electron chi connectivity index (χ1n) is 6.70. The first-order chi connectivity index (χ1) is 9.93. The molecule has 20 heavy (non-hydrogen) atoms. The first kappa shape index (κ1) is 11.3. The van der Waals surface area contributed by atoms with Gasteiger partial charge >= 0.3 is 0 Å². The van der Waals surface area contributed by atoms with Crippen LogP contribution in [0.15, 0.2) is 25.0 Å². The molecule has 4 rings (SSSR count). The molecular weight excluding hydrogens is 256 g/mol. The standard InChI is InChI=1S/C12H14N8/c1-2-5-20(9(3-1)10-14-7-15-17-10)11-12-18-16-8-19(12)6-4-13-11/h4,6-9H,1-3,5H2,(H,14,15,17)/t9-/m1/s1. The topological polar surface area (TPSA) is 87.9 Å². The monoisotopic (exact) mass is 270 g/mol. The number of hydrogen-bond acceptors (Lipinski definition) is 6. The summed E-state index contributed by atoms with van der Waals surface area (Å²) >= 11 is 0. The average molecular weight is 270 g/mol. The van der Waals surface area contributed by atoms with Gasteiger partial charge < -0.3 is 4.90 Å². The number of nitrogens with zero attached hydrogens (tertiary/aromatic N) is 7. The molecule has 102 valence electrons. The Balaban J connectivity index is 1.80. The number of fused-ring (bicyclic) bond motifs is 1. The van der Waals surface area contributed by atoms with Gasteiger partial charge in [0, 0.05) is 18.9 Å². The fourth-order valence-electron chi connectivity index (χ4n) is 2.79. The van der Waals surface area contributed by atoms with Crippen molar-refractivity contribution in [3.05, 3.63) is 30.9 Å². The highest BCUT2D eigenvalue weighted by molar-refractivity contribution is 5.64. The van der Waals surface area contributed by atoms with E-state index >= 15 is 0 Å². The molecule has 0 aliphatic carbocycles. The van der Waals surface area contributed by atoms with Gasteiger partial charge in [0.25, 0.3) is 0 Å². The smallest absolute Gasteiger partial charge is 0.203 e. The molecule has 0 saturated carbocycles. The third-order valence-electron chi connectivity index (χ3n) is 3.72. The van der Waals surface area contributed by atoms with E-state index in [9.17, 15) is 0 Å². The highest BCUT2D eigenvalue weighted by Crippen LogP contribution is 2.33. The Morgan fingerprint density at radius 3 is 3.15 bits per heavy atom. The minimum Gasteiger partial charge on any atom is -0.343 e. The van der Waals surface area contributed by atoms with E-state index in [4.69, 9.17) is 0 Å². The van der Waals surface area contributed by atoms with Crippen LogP contribution >= 0.6 is 0 Å². The van der Waals surface area contributed by atoms with Crippen LogP contribution in [0.3, 0.4) is 0 Å². The fourth-order valence-corrected chi connectivity index (χ4v) is 2.79. The lowest BCUT2D eigenvalue weighted by molar-refractivity contribution is 0.454. The molecule has 8 nitrogen and oxygen atoms in total. The van der Waals surface area contributed by atoms with Crippen LogP contribution < -0.4 is 4.90 Å². The van der Waals surface area contributed by atoms with Crippen LogP contribution in [0.5, 0.6) is 0 Å². The van der Waals surface area contributed by atoms with Crippen molar-refractivity contribution < 1.29 is 0 Å². The summed E-state index contributed by atoms with van der Waals surface area (Å²) in [6, 6.07) is 0.168. The van der Waals surface area contributed by atoms with Crippen LogP contribution in [-0.2, 0) is 0 Å². The lowest BCUT2D eigenvalue weighted by Crippen LogP contribution is -2.35. The van der Waals surface area contributed by atoms with Crippen LogP contribution in [0.1, 0.15) is 31.1 Å². The fraction of sp³-hybridized carbons (Fsp3) is 0.417. The van der Waals surface area contributed by atoms with E-state index in [1.165, 1.54) is 6.42 Å². The maximum absolute atomic E-state index is 4.50. The average Bonchev–Trinajstić information content (AvgIpc) is 3.18. The molecule has 1 fully saturated rings. The number of hydrogen-bond donors (Lipinski definition) is 1. The van der Waals surface area contributed by atoms with Crippen molar-refractivity contribution in [2.75, 3.05) is 11.4 Å². The Morgan fingerprint density at radius 2 is 2.25 bits per heavy atom. The zero-order valence-corrected chi connectivity index (χ0v) is 10.8. The van der Waals surface area contributed by atoms with E-state index in [2.05, 4.69) is 35.3 Å². The van der Waals surface area contributed by atoms with Gasteiger partial charge in [0.1, 0.15) is 18.5 Å². The maximum atomic E-state index is 4.50. The molecule has 1 atom stereocenters. The number of nitrogens with one attached hydrogen (secondary N) is 1. The van der Waals surface area contributed by atoms with Gasteiger partial charge in [0.15, 0.2) is 5.82 Å². The van der Waals surface area contributed by atoms with Crippen LogP contribution in [0.2, 0.25) is 0 Å². The second-order valence-electron chi connectivity index (χ2n) is 4.89. The Morgan fingerprint density at radius 1 is 1.25 bits per heavy atom. The zero-order valence-electron chi connectivity index (χ0n) is 10.8. The largest absolute Gasteiger partial charge is 0.343 e. The van der Waals surface area contributed by atoms with Gasteiger partial charge in [-0.2, -0.15) is 5.10 Å². The lowest BCUT2D eigenvalue weighted by Gasteiger charge is -2.35. The predicted molar refractivity (Wildman–Crippen MR) is 71.1 cm³/mol. The molecule has 0 spiro atoms. The summed E-state index contributed by atoms with van der Waals surface area (Å²) in [4.78, 5) is 11.1. The number of aromatic nitrogens is 7. The summed E-state index contributed by atoms with van der Waals surface area (Å²) in [5.41, 5.74) is 0.777.